The van der Waals surface area contributed by atoms with Gasteiger partial charge in [-0.2, -0.15) is 0 Å². The van der Waals surface area contributed by atoms with E-state index in [-0.39, 0.29) is 9.23 Å². The fourth-order valence-corrected chi connectivity index (χ4v) is 6.49. The zero-order chi connectivity index (χ0) is 19.0. The minimum Gasteiger partial charge on any atom is -0.368 e. The lowest BCUT2D eigenvalue weighted by atomic mass is 10.1. The van der Waals surface area contributed by atoms with Gasteiger partial charge in [-0.05, 0) is 18.2 Å². The van der Waals surface area contributed by atoms with Gasteiger partial charge < -0.3 is 10.2 Å². The van der Waals surface area contributed by atoms with E-state index in [1.54, 1.807) is 6.07 Å². The van der Waals surface area contributed by atoms with Crippen LogP contribution in [0.3, 0.4) is 0 Å². The summed E-state index contributed by atoms with van der Waals surface area (Å²) in [6, 6.07) is 12.9. The summed E-state index contributed by atoms with van der Waals surface area (Å²) in [5, 5.41) is 5.20. The SMILES string of the molecule is O=S(=O)(Nc1ccc(N2CCNCC2)c2ccccc12)c1cc(Cl)sc1Cl. The number of halogens is 2. The molecule has 1 saturated heterocycles. The van der Waals surface area contributed by atoms with Crippen molar-refractivity contribution in [2.45, 2.75) is 4.90 Å². The second kappa shape index (κ2) is 7.48. The molecule has 2 aromatic carbocycles. The standard InChI is InChI=1S/C18H17Cl2N3O2S2/c19-17-11-16(18(20)26-17)27(24,25)22-14-5-6-15(23-9-7-21-8-10-23)13-4-2-1-3-12(13)14/h1-6,11,21-22H,7-10H2. The van der Waals surface area contributed by atoms with Crippen molar-refractivity contribution in [2.24, 2.45) is 0 Å². The maximum atomic E-state index is 12.8. The summed E-state index contributed by atoms with van der Waals surface area (Å²) in [4.78, 5) is 2.31. The number of rotatable bonds is 4. The summed E-state index contributed by atoms with van der Waals surface area (Å²) in [7, 11) is -3.83. The zero-order valence-electron chi connectivity index (χ0n) is 14.2. The maximum absolute atomic E-state index is 12.8. The third-order valence-corrected chi connectivity index (χ3v) is 7.64. The molecule has 9 heteroatoms. The molecule has 0 bridgehead atoms. The average molecular weight is 442 g/mol. The van der Waals surface area contributed by atoms with E-state index >= 15 is 0 Å². The molecule has 27 heavy (non-hydrogen) atoms. The van der Waals surface area contributed by atoms with E-state index in [0.717, 1.165) is 54.0 Å². The number of nitrogens with one attached hydrogen (secondary N) is 2. The highest BCUT2D eigenvalue weighted by Crippen LogP contribution is 2.37. The first-order valence-electron chi connectivity index (χ1n) is 8.41. The predicted molar refractivity (Wildman–Crippen MR) is 114 cm³/mol. The molecular weight excluding hydrogens is 425 g/mol. The maximum Gasteiger partial charge on any atom is 0.264 e. The summed E-state index contributed by atoms with van der Waals surface area (Å²) >= 11 is 13.0. The van der Waals surface area contributed by atoms with Gasteiger partial charge in [0.15, 0.2) is 0 Å². The first kappa shape index (κ1) is 18.8. The smallest absolute Gasteiger partial charge is 0.264 e. The fraction of sp³-hybridized carbons (Fsp3) is 0.222. The number of hydrogen-bond acceptors (Lipinski definition) is 5. The van der Waals surface area contributed by atoms with Gasteiger partial charge in [-0.15, -0.1) is 11.3 Å². The molecule has 0 aliphatic carbocycles. The first-order valence-corrected chi connectivity index (χ1v) is 11.5. The van der Waals surface area contributed by atoms with Crippen molar-refractivity contribution in [3.63, 3.8) is 0 Å². The quantitative estimate of drug-likeness (QED) is 0.628. The van der Waals surface area contributed by atoms with Crippen molar-refractivity contribution in [3.8, 4) is 0 Å². The lowest BCUT2D eigenvalue weighted by Gasteiger charge is -2.30. The summed E-state index contributed by atoms with van der Waals surface area (Å²) in [6.07, 6.45) is 0. The Labute approximate surface area is 171 Å². The highest BCUT2D eigenvalue weighted by molar-refractivity contribution is 7.93. The van der Waals surface area contributed by atoms with Gasteiger partial charge in [-0.1, -0.05) is 47.5 Å². The molecule has 3 aromatic rings. The van der Waals surface area contributed by atoms with Crippen LogP contribution < -0.4 is 14.9 Å². The van der Waals surface area contributed by atoms with Crippen molar-refractivity contribution >= 4 is 66.7 Å². The largest absolute Gasteiger partial charge is 0.368 e. The Morgan fingerprint density at radius 3 is 2.41 bits per heavy atom. The van der Waals surface area contributed by atoms with Gasteiger partial charge in [0.05, 0.1) is 10.0 Å². The number of thiophene rings is 1. The van der Waals surface area contributed by atoms with Gasteiger partial charge >= 0.3 is 0 Å². The van der Waals surface area contributed by atoms with Gasteiger partial charge in [0.25, 0.3) is 10.0 Å². The molecule has 1 aliphatic heterocycles. The van der Waals surface area contributed by atoms with E-state index in [1.807, 2.05) is 30.3 Å². The number of piperazine rings is 1. The molecule has 5 nitrogen and oxygen atoms in total. The van der Waals surface area contributed by atoms with E-state index in [0.29, 0.717) is 10.0 Å². The zero-order valence-corrected chi connectivity index (χ0v) is 17.4. The molecule has 0 saturated carbocycles. The van der Waals surface area contributed by atoms with Crippen LogP contribution in [0.5, 0.6) is 0 Å². The van der Waals surface area contributed by atoms with Crippen LogP contribution in [0.25, 0.3) is 10.8 Å². The van der Waals surface area contributed by atoms with E-state index in [9.17, 15) is 8.42 Å². The highest BCUT2D eigenvalue weighted by Gasteiger charge is 2.23. The molecule has 0 spiro atoms. The second-order valence-electron chi connectivity index (χ2n) is 6.21. The fourth-order valence-electron chi connectivity index (χ4n) is 3.26. The van der Waals surface area contributed by atoms with Crippen LogP contribution in [0.15, 0.2) is 47.4 Å². The molecule has 2 N–H and O–H groups in total. The average Bonchev–Trinajstić information content (AvgIpc) is 3.02. The molecular formula is C18H17Cl2N3O2S2. The van der Waals surface area contributed by atoms with Crippen molar-refractivity contribution in [1.82, 2.24) is 5.32 Å². The molecule has 1 aliphatic rings. The minimum absolute atomic E-state index is 0.00516. The van der Waals surface area contributed by atoms with Gasteiger partial charge in [-0.3, -0.25) is 4.72 Å². The number of anilines is 2. The summed E-state index contributed by atoms with van der Waals surface area (Å²) < 4.78 is 28.7. The van der Waals surface area contributed by atoms with E-state index < -0.39 is 10.0 Å². The number of fused-ring (bicyclic) bond motifs is 1. The molecule has 2 heterocycles. The van der Waals surface area contributed by atoms with E-state index in [4.69, 9.17) is 23.2 Å². The molecule has 1 aromatic heterocycles. The lowest BCUT2D eigenvalue weighted by molar-refractivity contribution is 0.590. The minimum atomic E-state index is -3.83. The van der Waals surface area contributed by atoms with Crippen LogP contribution in [-0.4, -0.2) is 34.6 Å². The van der Waals surface area contributed by atoms with Gasteiger partial charge in [0.1, 0.15) is 9.23 Å². The summed E-state index contributed by atoms with van der Waals surface area (Å²) in [6.45, 7) is 3.69. The Balaban J connectivity index is 1.76. The van der Waals surface area contributed by atoms with Gasteiger partial charge in [0.2, 0.25) is 0 Å². The lowest BCUT2D eigenvalue weighted by Crippen LogP contribution is -2.43. The Kier molecular flexibility index (Phi) is 5.22. The number of hydrogen-bond donors (Lipinski definition) is 2. The van der Waals surface area contributed by atoms with E-state index in [1.165, 1.54) is 6.07 Å². The number of nitrogens with zero attached hydrogens (tertiary/aromatic N) is 1. The predicted octanol–water partition coefficient (Wildman–Crippen LogP) is 4.42. The van der Waals surface area contributed by atoms with Crippen LogP contribution in [0, 0.1) is 0 Å². The highest BCUT2D eigenvalue weighted by atomic mass is 35.5. The molecule has 0 amide bonds. The number of benzene rings is 2. The third-order valence-electron chi connectivity index (χ3n) is 4.52. The molecule has 0 unspecified atom stereocenters. The summed E-state index contributed by atoms with van der Waals surface area (Å²) in [5.41, 5.74) is 1.62. The van der Waals surface area contributed by atoms with E-state index in [2.05, 4.69) is 14.9 Å². The van der Waals surface area contributed by atoms with Crippen molar-refractivity contribution in [1.29, 1.82) is 0 Å². The Morgan fingerprint density at radius 2 is 1.74 bits per heavy atom. The van der Waals surface area contributed by atoms with Crippen molar-refractivity contribution < 1.29 is 8.42 Å². The monoisotopic (exact) mass is 441 g/mol. The van der Waals surface area contributed by atoms with Crippen LogP contribution in [0.4, 0.5) is 11.4 Å². The third kappa shape index (κ3) is 3.75. The second-order valence-corrected chi connectivity index (χ2v) is 10.1. The van der Waals surface area contributed by atoms with Crippen LogP contribution in [-0.2, 0) is 10.0 Å². The van der Waals surface area contributed by atoms with Gasteiger partial charge in [0, 0.05) is 42.6 Å². The normalized spacial score (nSPS) is 15.3. The molecule has 142 valence electrons. The van der Waals surface area contributed by atoms with Crippen LogP contribution >= 0.6 is 34.5 Å². The van der Waals surface area contributed by atoms with Crippen LogP contribution in [0.1, 0.15) is 0 Å². The molecule has 0 radical (unpaired) electrons. The van der Waals surface area contributed by atoms with Crippen molar-refractivity contribution in [3.05, 3.63) is 51.1 Å². The first-order chi connectivity index (χ1) is 13.0. The van der Waals surface area contributed by atoms with Gasteiger partial charge in [-0.25, -0.2) is 8.42 Å². The summed E-state index contributed by atoms with van der Waals surface area (Å²) in [5.74, 6) is 0. The Hall–Kier alpha value is -1.51. The van der Waals surface area contributed by atoms with Crippen LogP contribution in [0.2, 0.25) is 8.67 Å². The molecule has 0 atom stereocenters. The topological polar surface area (TPSA) is 61.4 Å². The number of sulfonamides is 1. The van der Waals surface area contributed by atoms with Crippen molar-refractivity contribution in [2.75, 3.05) is 35.8 Å². The molecule has 1 fully saturated rings. The Morgan fingerprint density at radius 1 is 1.04 bits per heavy atom. The molecule has 4 rings (SSSR count). The Bertz CT molecular complexity index is 1090.